The number of amides is 1. The van der Waals surface area contributed by atoms with Crippen molar-refractivity contribution >= 4 is 11.6 Å². The zero-order valence-corrected chi connectivity index (χ0v) is 9.51. The van der Waals surface area contributed by atoms with E-state index in [0.29, 0.717) is 18.7 Å². The molecule has 1 unspecified atom stereocenters. The lowest BCUT2D eigenvalue weighted by Gasteiger charge is -2.11. The van der Waals surface area contributed by atoms with Gasteiger partial charge in [0.1, 0.15) is 11.5 Å². The lowest BCUT2D eigenvalue weighted by molar-refractivity contribution is -0.118. The van der Waals surface area contributed by atoms with Crippen molar-refractivity contribution in [2.24, 2.45) is 0 Å². The van der Waals surface area contributed by atoms with E-state index in [1.807, 2.05) is 0 Å². The number of hydrogen-bond donors (Lipinski definition) is 1. The summed E-state index contributed by atoms with van der Waals surface area (Å²) in [6.45, 7) is 0.594. The number of halogens is 3. The quantitative estimate of drug-likeness (QED) is 0.906. The summed E-state index contributed by atoms with van der Waals surface area (Å²) in [6.07, 6.45) is 1.45. The van der Waals surface area contributed by atoms with Crippen molar-refractivity contribution in [3.8, 4) is 0 Å². The summed E-state index contributed by atoms with van der Waals surface area (Å²) in [5, 5.41) is 2.10. The van der Waals surface area contributed by atoms with Gasteiger partial charge in [-0.3, -0.25) is 4.79 Å². The van der Waals surface area contributed by atoms with Gasteiger partial charge in [-0.1, -0.05) is 0 Å². The van der Waals surface area contributed by atoms with Gasteiger partial charge >= 0.3 is 0 Å². The lowest BCUT2D eigenvalue weighted by atomic mass is 10.1. The molecule has 2 rings (SSSR count). The van der Waals surface area contributed by atoms with Crippen LogP contribution in [0, 0.1) is 17.5 Å². The SMILES string of the molecule is O=C(CC1CCCO1)Nc1c(F)cc(F)cc1F. The van der Waals surface area contributed by atoms with Crippen LogP contribution in [0.1, 0.15) is 19.3 Å². The van der Waals surface area contributed by atoms with Crippen molar-refractivity contribution in [1.82, 2.24) is 0 Å². The van der Waals surface area contributed by atoms with E-state index in [4.69, 9.17) is 4.74 Å². The molecule has 0 radical (unpaired) electrons. The summed E-state index contributed by atoms with van der Waals surface area (Å²) >= 11 is 0. The van der Waals surface area contributed by atoms with Crippen LogP contribution in [0.4, 0.5) is 18.9 Å². The Hall–Kier alpha value is -1.56. The maximum Gasteiger partial charge on any atom is 0.227 e. The van der Waals surface area contributed by atoms with Crippen LogP contribution in [0.15, 0.2) is 12.1 Å². The Bertz CT molecular complexity index is 436. The minimum atomic E-state index is -1.13. The molecule has 0 aromatic heterocycles. The molecule has 1 amide bonds. The first-order chi connectivity index (χ1) is 8.56. The van der Waals surface area contributed by atoms with E-state index in [2.05, 4.69) is 5.32 Å². The van der Waals surface area contributed by atoms with Gasteiger partial charge in [0, 0.05) is 18.7 Å². The molecule has 18 heavy (non-hydrogen) atoms. The topological polar surface area (TPSA) is 38.3 Å². The fraction of sp³-hybridized carbons (Fsp3) is 0.417. The monoisotopic (exact) mass is 259 g/mol. The highest BCUT2D eigenvalue weighted by Crippen LogP contribution is 2.21. The Morgan fingerprint density at radius 3 is 2.56 bits per heavy atom. The summed E-state index contributed by atoms with van der Waals surface area (Å²) < 4.78 is 44.4. The predicted molar refractivity (Wildman–Crippen MR) is 58.5 cm³/mol. The summed E-state index contributed by atoms with van der Waals surface area (Å²) in [7, 11) is 0. The second-order valence-corrected chi connectivity index (χ2v) is 4.13. The Morgan fingerprint density at radius 1 is 1.33 bits per heavy atom. The molecule has 1 aliphatic rings. The summed E-state index contributed by atoms with van der Waals surface area (Å²) in [6, 6.07) is 1.04. The Labute approximate surface area is 102 Å². The third-order valence-electron chi connectivity index (χ3n) is 2.71. The second-order valence-electron chi connectivity index (χ2n) is 4.13. The van der Waals surface area contributed by atoms with Crippen molar-refractivity contribution < 1.29 is 22.7 Å². The fourth-order valence-corrected chi connectivity index (χ4v) is 1.86. The molecule has 6 heteroatoms. The highest BCUT2D eigenvalue weighted by atomic mass is 19.1. The van der Waals surface area contributed by atoms with E-state index in [1.165, 1.54) is 0 Å². The summed E-state index contributed by atoms with van der Waals surface area (Å²) in [5.74, 6) is -3.84. The number of ether oxygens (including phenoxy) is 1. The standard InChI is InChI=1S/C12H12F3NO2/c13-7-4-9(14)12(10(15)5-7)16-11(17)6-8-2-1-3-18-8/h4-5,8H,1-3,6H2,(H,16,17). The third kappa shape index (κ3) is 3.01. The zero-order valence-electron chi connectivity index (χ0n) is 9.51. The van der Waals surface area contributed by atoms with E-state index in [9.17, 15) is 18.0 Å². The Balaban J connectivity index is 2.02. The van der Waals surface area contributed by atoms with Crippen LogP contribution in [0.25, 0.3) is 0 Å². The normalized spacial score (nSPS) is 18.9. The number of nitrogens with one attached hydrogen (secondary N) is 1. The highest BCUT2D eigenvalue weighted by Gasteiger charge is 2.21. The fourth-order valence-electron chi connectivity index (χ4n) is 1.86. The molecule has 98 valence electrons. The molecule has 3 nitrogen and oxygen atoms in total. The number of benzene rings is 1. The lowest BCUT2D eigenvalue weighted by Crippen LogP contribution is -2.20. The van der Waals surface area contributed by atoms with Crippen molar-refractivity contribution in [1.29, 1.82) is 0 Å². The van der Waals surface area contributed by atoms with Gasteiger partial charge < -0.3 is 10.1 Å². The minimum absolute atomic E-state index is 0.0380. The van der Waals surface area contributed by atoms with Crippen LogP contribution in [0.3, 0.4) is 0 Å². The number of anilines is 1. The van der Waals surface area contributed by atoms with Crippen LogP contribution in [0.2, 0.25) is 0 Å². The zero-order chi connectivity index (χ0) is 13.1. The average molecular weight is 259 g/mol. The predicted octanol–water partition coefficient (Wildman–Crippen LogP) is 2.61. The molecule has 0 spiro atoms. The van der Waals surface area contributed by atoms with Crippen molar-refractivity contribution in [3.05, 3.63) is 29.6 Å². The molecule has 1 aromatic carbocycles. The Morgan fingerprint density at radius 2 is 2.00 bits per heavy atom. The van der Waals surface area contributed by atoms with E-state index in [1.54, 1.807) is 0 Å². The molecule has 1 heterocycles. The van der Waals surface area contributed by atoms with Gasteiger partial charge in [-0.15, -0.1) is 0 Å². The molecule has 1 N–H and O–H groups in total. The van der Waals surface area contributed by atoms with E-state index in [0.717, 1.165) is 12.8 Å². The van der Waals surface area contributed by atoms with Crippen LogP contribution < -0.4 is 5.32 Å². The molecule has 0 bridgehead atoms. The van der Waals surface area contributed by atoms with Crippen molar-refractivity contribution in [2.45, 2.75) is 25.4 Å². The maximum absolute atomic E-state index is 13.3. The number of rotatable bonds is 3. The number of carbonyl (C=O) groups excluding carboxylic acids is 1. The second kappa shape index (κ2) is 5.39. The van der Waals surface area contributed by atoms with Gasteiger partial charge in [0.2, 0.25) is 5.91 Å². The van der Waals surface area contributed by atoms with Gasteiger partial charge in [0.25, 0.3) is 0 Å². The summed E-state index contributed by atoms with van der Waals surface area (Å²) in [4.78, 5) is 11.5. The largest absolute Gasteiger partial charge is 0.378 e. The first-order valence-electron chi connectivity index (χ1n) is 5.62. The molecular formula is C12H12F3NO2. The van der Waals surface area contributed by atoms with Crippen LogP contribution >= 0.6 is 0 Å². The van der Waals surface area contributed by atoms with Crippen LogP contribution in [-0.2, 0) is 9.53 Å². The van der Waals surface area contributed by atoms with E-state index >= 15 is 0 Å². The number of hydrogen-bond acceptors (Lipinski definition) is 2. The van der Waals surface area contributed by atoms with E-state index in [-0.39, 0.29) is 12.5 Å². The maximum atomic E-state index is 13.3. The minimum Gasteiger partial charge on any atom is -0.378 e. The molecule has 1 aromatic rings. The van der Waals surface area contributed by atoms with E-state index < -0.39 is 29.0 Å². The van der Waals surface area contributed by atoms with Gasteiger partial charge in [-0.25, -0.2) is 13.2 Å². The van der Waals surface area contributed by atoms with Gasteiger partial charge in [-0.05, 0) is 12.8 Å². The van der Waals surface area contributed by atoms with Gasteiger partial charge in [-0.2, -0.15) is 0 Å². The van der Waals surface area contributed by atoms with Crippen molar-refractivity contribution in [3.63, 3.8) is 0 Å². The Kier molecular flexibility index (Phi) is 3.86. The summed E-state index contributed by atoms with van der Waals surface area (Å²) in [5.41, 5.74) is -0.626. The molecule has 1 aliphatic heterocycles. The molecule has 0 aliphatic carbocycles. The van der Waals surface area contributed by atoms with Crippen LogP contribution in [-0.4, -0.2) is 18.6 Å². The first-order valence-corrected chi connectivity index (χ1v) is 5.62. The highest BCUT2D eigenvalue weighted by molar-refractivity contribution is 5.91. The first kappa shape index (κ1) is 12.9. The molecule has 1 saturated heterocycles. The number of carbonyl (C=O) groups is 1. The van der Waals surface area contributed by atoms with Crippen molar-refractivity contribution in [2.75, 3.05) is 11.9 Å². The molecular weight excluding hydrogens is 247 g/mol. The van der Waals surface area contributed by atoms with Gasteiger partial charge in [0.15, 0.2) is 11.6 Å². The molecule has 1 fully saturated rings. The average Bonchev–Trinajstić information content (AvgIpc) is 2.76. The molecule has 0 saturated carbocycles. The smallest absolute Gasteiger partial charge is 0.227 e. The van der Waals surface area contributed by atoms with Gasteiger partial charge in [0.05, 0.1) is 12.5 Å². The third-order valence-corrected chi connectivity index (χ3v) is 2.71. The van der Waals surface area contributed by atoms with Crippen LogP contribution in [0.5, 0.6) is 0 Å². The molecule has 1 atom stereocenters.